The first-order valence-corrected chi connectivity index (χ1v) is 4.98. The molecule has 0 saturated heterocycles. The van der Waals surface area contributed by atoms with Gasteiger partial charge < -0.3 is 10.1 Å². The van der Waals surface area contributed by atoms with Gasteiger partial charge in [0.15, 0.2) is 0 Å². The topological polar surface area (TPSA) is 79.9 Å². The molecule has 0 unspecified atom stereocenters. The lowest BCUT2D eigenvalue weighted by molar-refractivity contribution is -0.117. The number of aromatic nitrogens is 2. The van der Waals surface area contributed by atoms with E-state index >= 15 is 0 Å². The second-order valence-corrected chi connectivity index (χ2v) is 3.14. The largest absolute Gasteiger partial charge is 0.381 e. The number of amides is 1. The number of hydrogen-bond acceptors (Lipinski definition) is 4. The highest BCUT2D eigenvalue weighted by atomic mass is 16.5. The molecule has 0 aliphatic heterocycles. The zero-order valence-corrected chi connectivity index (χ0v) is 9.36. The Kier molecular flexibility index (Phi) is 4.48. The van der Waals surface area contributed by atoms with Crippen LogP contribution in [0.5, 0.6) is 0 Å². The zero-order valence-electron chi connectivity index (χ0n) is 9.36. The highest BCUT2D eigenvalue weighted by Crippen LogP contribution is 2.12. The number of ether oxygens (including phenoxy) is 1. The normalized spacial score (nSPS) is 9.81. The third-order valence-electron chi connectivity index (χ3n) is 1.99. The van der Waals surface area contributed by atoms with E-state index < -0.39 is 0 Å². The van der Waals surface area contributed by atoms with Crippen LogP contribution < -0.4 is 5.32 Å². The Morgan fingerprint density at radius 1 is 1.75 bits per heavy atom. The van der Waals surface area contributed by atoms with Gasteiger partial charge in [-0.3, -0.25) is 9.48 Å². The first-order valence-electron chi connectivity index (χ1n) is 4.98. The lowest BCUT2D eigenvalue weighted by Gasteiger charge is -2.05. The number of nitrogens with zero attached hydrogens (tertiary/aromatic N) is 3. The molecule has 0 radical (unpaired) electrons. The molecule has 0 fully saturated rings. The van der Waals surface area contributed by atoms with E-state index in [2.05, 4.69) is 10.4 Å². The molecule has 1 aromatic heterocycles. The molecule has 0 spiro atoms. The number of rotatable bonds is 5. The fourth-order valence-corrected chi connectivity index (χ4v) is 1.17. The minimum Gasteiger partial charge on any atom is -0.381 e. The third kappa shape index (κ3) is 3.07. The standard InChI is InChI=1S/C10H14N4O2/c1-3-16-5-4-9(15)13-10-8(6-11)7-12-14(10)2/h7H,3-5H2,1-2H3,(H,13,15). The Balaban J connectivity index is 2.56. The Bertz CT molecular complexity index is 405. The number of hydrogen-bond donors (Lipinski definition) is 1. The number of nitriles is 1. The summed E-state index contributed by atoms with van der Waals surface area (Å²) in [6, 6.07) is 1.96. The number of aryl methyl sites for hydroxylation is 1. The van der Waals surface area contributed by atoms with Gasteiger partial charge in [0.25, 0.3) is 0 Å². The van der Waals surface area contributed by atoms with Crippen molar-refractivity contribution in [2.75, 3.05) is 18.5 Å². The number of carbonyl (C=O) groups is 1. The predicted molar refractivity (Wildman–Crippen MR) is 57.7 cm³/mol. The second-order valence-electron chi connectivity index (χ2n) is 3.14. The van der Waals surface area contributed by atoms with Crippen LogP contribution in [0.4, 0.5) is 5.82 Å². The highest BCUT2D eigenvalue weighted by molar-refractivity contribution is 5.91. The molecule has 1 amide bonds. The molecular formula is C10H14N4O2. The molecule has 1 heterocycles. The van der Waals surface area contributed by atoms with Gasteiger partial charge in [-0.25, -0.2) is 0 Å². The maximum Gasteiger partial charge on any atom is 0.227 e. The molecular weight excluding hydrogens is 208 g/mol. The van der Waals surface area contributed by atoms with E-state index in [1.165, 1.54) is 10.9 Å². The average molecular weight is 222 g/mol. The van der Waals surface area contributed by atoms with Crippen LogP contribution in [-0.2, 0) is 16.6 Å². The summed E-state index contributed by atoms with van der Waals surface area (Å²) in [6.07, 6.45) is 1.68. The Labute approximate surface area is 93.8 Å². The first kappa shape index (κ1) is 12.2. The van der Waals surface area contributed by atoms with Crippen molar-refractivity contribution in [2.24, 2.45) is 7.05 Å². The Morgan fingerprint density at radius 3 is 3.12 bits per heavy atom. The van der Waals surface area contributed by atoms with E-state index in [9.17, 15) is 4.79 Å². The van der Waals surface area contributed by atoms with Crippen molar-refractivity contribution in [3.63, 3.8) is 0 Å². The molecule has 0 aliphatic carbocycles. The van der Waals surface area contributed by atoms with Gasteiger partial charge in [0.1, 0.15) is 17.5 Å². The fraction of sp³-hybridized carbons (Fsp3) is 0.500. The summed E-state index contributed by atoms with van der Waals surface area (Å²) in [5, 5.41) is 15.3. The second kappa shape index (κ2) is 5.88. The quantitative estimate of drug-likeness (QED) is 0.742. The predicted octanol–water partition coefficient (Wildman–Crippen LogP) is 0.657. The summed E-state index contributed by atoms with van der Waals surface area (Å²) in [5.41, 5.74) is 0.354. The van der Waals surface area contributed by atoms with Crippen LogP contribution in [-0.4, -0.2) is 28.9 Å². The van der Waals surface area contributed by atoms with Crippen molar-refractivity contribution in [2.45, 2.75) is 13.3 Å². The summed E-state index contributed by atoms with van der Waals surface area (Å²) in [4.78, 5) is 11.5. The van der Waals surface area contributed by atoms with Crippen molar-refractivity contribution < 1.29 is 9.53 Å². The van der Waals surface area contributed by atoms with E-state index in [-0.39, 0.29) is 12.3 Å². The molecule has 0 saturated carbocycles. The Morgan fingerprint density at radius 2 is 2.50 bits per heavy atom. The number of nitrogens with one attached hydrogen (secondary N) is 1. The van der Waals surface area contributed by atoms with E-state index in [1.807, 2.05) is 13.0 Å². The lowest BCUT2D eigenvalue weighted by Crippen LogP contribution is -2.17. The number of anilines is 1. The summed E-state index contributed by atoms with van der Waals surface area (Å²) >= 11 is 0. The minimum atomic E-state index is -0.187. The zero-order chi connectivity index (χ0) is 12.0. The summed E-state index contributed by atoms with van der Waals surface area (Å²) < 4.78 is 6.52. The van der Waals surface area contributed by atoms with Crippen LogP contribution >= 0.6 is 0 Å². The van der Waals surface area contributed by atoms with Gasteiger partial charge >= 0.3 is 0 Å². The van der Waals surface area contributed by atoms with Crippen molar-refractivity contribution in [1.82, 2.24) is 9.78 Å². The molecule has 0 atom stereocenters. The minimum absolute atomic E-state index is 0.187. The van der Waals surface area contributed by atoms with Crippen LogP contribution in [0.25, 0.3) is 0 Å². The SMILES string of the molecule is CCOCCC(=O)Nc1c(C#N)cnn1C. The van der Waals surface area contributed by atoms with Crippen molar-refractivity contribution >= 4 is 11.7 Å². The van der Waals surface area contributed by atoms with Gasteiger partial charge in [-0.2, -0.15) is 10.4 Å². The smallest absolute Gasteiger partial charge is 0.227 e. The molecule has 16 heavy (non-hydrogen) atoms. The maximum absolute atomic E-state index is 11.5. The molecule has 1 N–H and O–H groups in total. The average Bonchev–Trinajstić information content (AvgIpc) is 2.61. The van der Waals surface area contributed by atoms with Gasteiger partial charge in [-0.05, 0) is 6.92 Å². The van der Waals surface area contributed by atoms with Crippen LogP contribution in [0.3, 0.4) is 0 Å². The van der Waals surface area contributed by atoms with Crippen LogP contribution in [0, 0.1) is 11.3 Å². The third-order valence-corrected chi connectivity index (χ3v) is 1.99. The highest BCUT2D eigenvalue weighted by Gasteiger charge is 2.10. The molecule has 1 aromatic rings. The van der Waals surface area contributed by atoms with Gasteiger partial charge in [-0.1, -0.05) is 0 Å². The van der Waals surface area contributed by atoms with Gasteiger partial charge in [0.05, 0.1) is 19.2 Å². The van der Waals surface area contributed by atoms with Gasteiger partial charge in [-0.15, -0.1) is 0 Å². The van der Waals surface area contributed by atoms with E-state index in [1.54, 1.807) is 7.05 Å². The molecule has 1 rings (SSSR count). The lowest BCUT2D eigenvalue weighted by atomic mass is 10.3. The van der Waals surface area contributed by atoms with E-state index in [4.69, 9.17) is 10.00 Å². The summed E-state index contributed by atoms with van der Waals surface area (Å²) in [7, 11) is 1.67. The molecule has 6 nitrogen and oxygen atoms in total. The molecule has 0 aromatic carbocycles. The van der Waals surface area contributed by atoms with Crippen molar-refractivity contribution in [3.8, 4) is 6.07 Å². The molecule has 0 aliphatic rings. The summed E-state index contributed by atoms with van der Waals surface area (Å²) in [5.74, 6) is 0.234. The molecule has 0 bridgehead atoms. The van der Waals surface area contributed by atoms with Gasteiger partial charge in [0, 0.05) is 13.7 Å². The van der Waals surface area contributed by atoms with E-state index in [0.29, 0.717) is 24.6 Å². The molecule has 6 heteroatoms. The Hall–Kier alpha value is -1.87. The van der Waals surface area contributed by atoms with Crippen LogP contribution in [0.1, 0.15) is 18.9 Å². The van der Waals surface area contributed by atoms with Crippen LogP contribution in [0.2, 0.25) is 0 Å². The maximum atomic E-state index is 11.5. The fourth-order valence-electron chi connectivity index (χ4n) is 1.17. The van der Waals surface area contributed by atoms with Crippen LogP contribution in [0.15, 0.2) is 6.20 Å². The summed E-state index contributed by atoms with van der Waals surface area (Å²) in [6.45, 7) is 2.83. The number of carbonyl (C=O) groups excluding carboxylic acids is 1. The monoisotopic (exact) mass is 222 g/mol. The van der Waals surface area contributed by atoms with Gasteiger partial charge in [0.2, 0.25) is 5.91 Å². The van der Waals surface area contributed by atoms with E-state index in [0.717, 1.165) is 0 Å². The van der Waals surface area contributed by atoms with Crippen molar-refractivity contribution in [1.29, 1.82) is 5.26 Å². The molecule has 86 valence electrons. The first-order chi connectivity index (χ1) is 7.69. The van der Waals surface area contributed by atoms with Crippen molar-refractivity contribution in [3.05, 3.63) is 11.8 Å².